The molecule has 0 N–H and O–H groups in total. The van der Waals surface area contributed by atoms with Crippen LogP contribution in [0.25, 0.3) is 10.2 Å². The lowest BCUT2D eigenvalue weighted by Crippen LogP contribution is -2.37. The first kappa shape index (κ1) is 16.0. The third-order valence-corrected chi connectivity index (χ3v) is 6.25. The molecule has 1 atom stereocenters. The third kappa shape index (κ3) is 2.91. The number of hydrogen-bond acceptors (Lipinski definition) is 7. The molecule has 0 aliphatic carbocycles. The van der Waals surface area contributed by atoms with E-state index in [1.165, 1.54) is 9.71 Å². The van der Waals surface area contributed by atoms with Crippen LogP contribution in [0.1, 0.15) is 23.9 Å². The van der Waals surface area contributed by atoms with Gasteiger partial charge in [-0.25, -0.2) is 15.0 Å². The Labute approximate surface area is 156 Å². The van der Waals surface area contributed by atoms with Gasteiger partial charge in [-0.2, -0.15) is 0 Å². The highest BCUT2D eigenvalue weighted by molar-refractivity contribution is 7.18. The fraction of sp³-hybridized carbons (Fsp3) is 0.421. The molecule has 0 bridgehead atoms. The molecule has 2 fully saturated rings. The van der Waals surface area contributed by atoms with E-state index in [2.05, 4.69) is 50.1 Å². The summed E-state index contributed by atoms with van der Waals surface area (Å²) >= 11 is 1.80. The van der Waals surface area contributed by atoms with Crippen LogP contribution in [0.3, 0.4) is 0 Å². The van der Waals surface area contributed by atoms with Crippen LogP contribution < -0.4 is 9.80 Å². The molecule has 134 valence electrons. The lowest BCUT2D eigenvalue weighted by molar-refractivity contribution is 0.122. The average Bonchev–Trinajstić information content (AvgIpc) is 3.35. The summed E-state index contributed by atoms with van der Waals surface area (Å²) in [6.07, 6.45) is 3.97. The summed E-state index contributed by atoms with van der Waals surface area (Å²) in [6.45, 7) is 4.31. The van der Waals surface area contributed by atoms with Gasteiger partial charge in [0, 0.05) is 25.7 Å². The minimum absolute atomic E-state index is 0.305. The van der Waals surface area contributed by atoms with Crippen molar-refractivity contribution in [1.82, 2.24) is 15.0 Å². The molecule has 0 saturated carbocycles. The summed E-state index contributed by atoms with van der Waals surface area (Å²) in [5.41, 5.74) is 1.09. The molecule has 0 amide bonds. The standard InChI is InChI=1S/C19H21N5OS/c1-2-6-16-14(4-1)22-19(26-16)15-5-3-7-24(15)18-12-17(20-13-21-18)23-8-10-25-11-9-23/h1-2,4,6,12-13,15H,3,5,7-11H2. The number of aromatic nitrogens is 3. The molecular formula is C19H21N5OS. The predicted molar refractivity (Wildman–Crippen MR) is 104 cm³/mol. The number of anilines is 2. The summed E-state index contributed by atoms with van der Waals surface area (Å²) in [4.78, 5) is 18.6. The number of morpholine rings is 1. The maximum atomic E-state index is 5.45. The Morgan fingerprint density at radius 2 is 1.88 bits per heavy atom. The van der Waals surface area contributed by atoms with Crippen LogP contribution >= 0.6 is 11.3 Å². The van der Waals surface area contributed by atoms with Gasteiger partial charge in [-0.05, 0) is 25.0 Å². The molecule has 2 aliphatic rings. The van der Waals surface area contributed by atoms with E-state index < -0.39 is 0 Å². The molecule has 2 aliphatic heterocycles. The zero-order valence-electron chi connectivity index (χ0n) is 14.5. The van der Waals surface area contributed by atoms with E-state index >= 15 is 0 Å². The lowest BCUT2D eigenvalue weighted by atomic mass is 10.2. The quantitative estimate of drug-likeness (QED) is 0.708. The Morgan fingerprint density at radius 3 is 2.77 bits per heavy atom. The molecule has 2 aromatic heterocycles. The van der Waals surface area contributed by atoms with Gasteiger partial charge in [-0.15, -0.1) is 11.3 Å². The fourth-order valence-corrected chi connectivity index (χ4v) is 4.91. The third-order valence-electron chi connectivity index (χ3n) is 5.12. The number of thiazole rings is 1. The number of ether oxygens (including phenoxy) is 1. The summed E-state index contributed by atoms with van der Waals surface area (Å²) < 4.78 is 6.71. The first-order valence-electron chi connectivity index (χ1n) is 9.15. The number of nitrogens with zero attached hydrogens (tertiary/aromatic N) is 5. The van der Waals surface area contributed by atoms with Crippen molar-refractivity contribution < 1.29 is 4.74 Å². The zero-order valence-corrected chi connectivity index (χ0v) is 15.4. The normalized spacial score (nSPS) is 20.8. The second-order valence-electron chi connectivity index (χ2n) is 6.71. The van der Waals surface area contributed by atoms with Gasteiger partial charge in [0.05, 0.1) is 29.5 Å². The van der Waals surface area contributed by atoms with E-state index in [1.54, 1.807) is 17.7 Å². The van der Waals surface area contributed by atoms with Crippen LogP contribution in [-0.4, -0.2) is 47.8 Å². The van der Waals surface area contributed by atoms with Crippen LogP contribution in [0.4, 0.5) is 11.6 Å². The summed E-state index contributed by atoms with van der Waals surface area (Å²) in [5.74, 6) is 2.00. The summed E-state index contributed by atoms with van der Waals surface area (Å²) in [6, 6.07) is 10.8. The first-order valence-corrected chi connectivity index (χ1v) is 9.97. The van der Waals surface area contributed by atoms with E-state index in [1.807, 2.05) is 0 Å². The topological polar surface area (TPSA) is 54.4 Å². The molecule has 7 heteroatoms. The smallest absolute Gasteiger partial charge is 0.134 e. The molecule has 6 nitrogen and oxygen atoms in total. The van der Waals surface area contributed by atoms with E-state index in [4.69, 9.17) is 9.72 Å². The number of para-hydroxylation sites is 1. The van der Waals surface area contributed by atoms with Crippen LogP contribution in [0.2, 0.25) is 0 Å². The molecule has 2 saturated heterocycles. The monoisotopic (exact) mass is 367 g/mol. The number of hydrogen-bond donors (Lipinski definition) is 0. The van der Waals surface area contributed by atoms with Crippen LogP contribution in [0.15, 0.2) is 36.7 Å². The van der Waals surface area contributed by atoms with Gasteiger partial charge in [-0.1, -0.05) is 12.1 Å². The second-order valence-corrected chi connectivity index (χ2v) is 7.77. The summed E-state index contributed by atoms with van der Waals surface area (Å²) in [5, 5.41) is 1.19. The zero-order chi connectivity index (χ0) is 17.3. The Kier molecular flexibility index (Phi) is 4.18. The van der Waals surface area contributed by atoms with Gasteiger partial charge >= 0.3 is 0 Å². The largest absolute Gasteiger partial charge is 0.378 e. The lowest BCUT2D eigenvalue weighted by Gasteiger charge is -2.29. The van der Waals surface area contributed by atoms with E-state index in [0.717, 1.165) is 62.8 Å². The highest BCUT2D eigenvalue weighted by atomic mass is 32.1. The minimum atomic E-state index is 0.305. The van der Waals surface area contributed by atoms with E-state index in [9.17, 15) is 0 Å². The molecule has 0 spiro atoms. The van der Waals surface area contributed by atoms with Gasteiger partial charge in [0.25, 0.3) is 0 Å². The number of fused-ring (bicyclic) bond motifs is 1. The van der Waals surface area contributed by atoms with Crippen molar-refractivity contribution in [1.29, 1.82) is 0 Å². The highest BCUT2D eigenvalue weighted by Gasteiger charge is 2.30. The Hall–Kier alpha value is -2.25. The number of benzene rings is 1. The van der Waals surface area contributed by atoms with Crippen LogP contribution in [-0.2, 0) is 4.74 Å². The van der Waals surface area contributed by atoms with Gasteiger partial charge in [0.1, 0.15) is 23.0 Å². The average molecular weight is 367 g/mol. The maximum absolute atomic E-state index is 5.45. The molecule has 0 radical (unpaired) electrons. The van der Waals surface area contributed by atoms with E-state index in [-0.39, 0.29) is 0 Å². The number of rotatable bonds is 3. The fourth-order valence-electron chi connectivity index (χ4n) is 3.79. The Bertz CT molecular complexity index is 875. The van der Waals surface area contributed by atoms with Crippen LogP contribution in [0.5, 0.6) is 0 Å². The van der Waals surface area contributed by atoms with Crippen molar-refractivity contribution in [2.45, 2.75) is 18.9 Å². The molecule has 3 aromatic rings. The maximum Gasteiger partial charge on any atom is 0.134 e. The molecule has 4 heterocycles. The highest BCUT2D eigenvalue weighted by Crippen LogP contribution is 2.39. The van der Waals surface area contributed by atoms with Crippen molar-refractivity contribution in [2.24, 2.45) is 0 Å². The van der Waals surface area contributed by atoms with Crippen molar-refractivity contribution in [3.05, 3.63) is 41.7 Å². The van der Waals surface area contributed by atoms with Gasteiger partial charge in [-0.3, -0.25) is 0 Å². The van der Waals surface area contributed by atoms with Crippen molar-refractivity contribution in [2.75, 3.05) is 42.6 Å². The van der Waals surface area contributed by atoms with Crippen molar-refractivity contribution >= 4 is 33.2 Å². The molecule has 1 aromatic carbocycles. The second kappa shape index (κ2) is 6.81. The molecule has 1 unspecified atom stereocenters. The van der Waals surface area contributed by atoms with Crippen molar-refractivity contribution in [3.8, 4) is 0 Å². The van der Waals surface area contributed by atoms with E-state index in [0.29, 0.717) is 6.04 Å². The Balaban J connectivity index is 1.45. The van der Waals surface area contributed by atoms with Crippen molar-refractivity contribution in [3.63, 3.8) is 0 Å². The SMILES string of the molecule is c1ccc2sc(C3CCCN3c3cc(N4CCOCC4)ncn3)nc2c1. The van der Waals surface area contributed by atoms with Crippen LogP contribution in [0, 0.1) is 0 Å². The molecule has 26 heavy (non-hydrogen) atoms. The minimum Gasteiger partial charge on any atom is -0.378 e. The Morgan fingerprint density at radius 1 is 1.04 bits per heavy atom. The predicted octanol–water partition coefficient (Wildman–Crippen LogP) is 3.26. The summed E-state index contributed by atoms with van der Waals surface area (Å²) in [7, 11) is 0. The van der Waals surface area contributed by atoms with Gasteiger partial charge in [0.2, 0.25) is 0 Å². The van der Waals surface area contributed by atoms with Gasteiger partial charge < -0.3 is 14.5 Å². The molecule has 5 rings (SSSR count). The van der Waals surface area contributed by atoms with Gasteiger partial charge in [0.15, 0.2) is 0 Å². The molecular weight excluding hydrogens is 346 g/mol. The first-order chi connectivity index (χ1) is 12.9.